The van der Waals surface area contributed by atoms with E-state index in [0.717, 1.165) is 28.3 Å². The number of benzene rings is 1. The Bertz CT molecular complexity index is 905. The Morgan fingerprint density at radius 1 is 1.19 bits per heavy atom. The summed E-state index contributed by atoms with van der Waals surface area (Å²) in [5.41, 5.74) is 4.76. The molecule has 6 heteroatoms. The highest BCUT2D eigenvalue weighted by Gasteiger charge is 2.21. The lowest BCUT2D eigenvalue weighted by Gasteiger charge is -2.25. The molecule has 0 radical (unpaired) electrons. The highest BCUT2D eigenvalue weighted by atomic mass is 16.2. The number of aryl methyl sites for hydroxylation is 1. The lowest BCUT2D eigenvalue weighted by Crippen LogP contribution is -2.37. The molecule has 3 rings (SSSR count). The molecule has 1 atom stereocenters. The van der Waals surface area contributed by atoms with Crippen molar-refractivity contribution < 1.29 is 4.79 Å². The molecule has 0 aliphatic heterocycles. The summed E-state index contributed by atoms with van der Waals surface area (Å²) in [6.07, 6.45) is 6.09. The van der Waals surface area contributed by atoms with Crippen LogP contribution in [-0.4, -0.2) is 43.6 Å². The summed E-state index contributed by atoms with van der Waals surface area (Å²) in [6, 6.07) is 10.0. The van der Waals surface area contributed by atoms with E-state index in [1.54, 1.807) is 23.5 Å². The number of rotatable bonds is 6. The predicted octanol–water partition coefficient (Wildman–Crippen LogP) is 2.91. The van der Waals surface area contributed by atoms with E-state index in [2.05, 4.69) is 15.1 Å². The highest BCUT2D eigenvalue weighted by Crippen LogP contribution is 2.19. The number of carbonyl (C=O) groups is 1. The second kappa shape index (κ2) is 8.12. The minimum absolute atomic E-state index is 0.0407. The van der Waals surface area contributed by atoms with Gasteiger partial charge in [0, 0.05) is 49.4 Å². The molecule has 2 aromatic heterocycles. The van der Waals surface area contributed by atoms with Crippen LogP contribution in [0.1, 0.15) is 29.6 Å². The maximum Gasteiger partial charge on any atom is 0.227 e. The van der Waals surface area contributed by atoms with Crippen LogP contribution in [0.2, 0.25) is 0 Å². The Morgan fingerprint density at radius 3 is 2.59 bits per heavy atom. The fourth-order valence-corrected chi connectivity index (χ4v) is 3.15. The number of hydrogen-bond acceptors (Lipinski definition) is 4. The number of hydrogen-bond donors (Lipinski definition) is 0. The molecule has 0 N–H and O–H groups in total. The minimum atomic E-state index is 0.0407. The van der Waals surface area contributed by atoms with Gasteiger partial charge in [-0.25, -0.2) is 4.68 Å². The van der Waals surface area contributed by atoms with Crippen LogP contribution in [0.25, 0.3) is 5.69 Å². The molecule has 3 aromatic rings. The largest absolute Gasteiger partial charge is 0.342 e. The third-order valence-electron chi connectivity index (χ3n) is 4.95. The zero-order valence-electron chi connectivity index (χ0n) is 16.3. The molecular weight excluding hydrogens is 338 g/mol. The summed E-state index contributed by atoms with van der Waals surface area (Å²) in [4.78, 5) is 23.0. The monoisotopic (exact) mass is 363 g/mol. The van der Waals surface area contributed by atoms with Crippen molar-refractivity contribution in [3.05, 3.63) is 71.6 Å². The van der Waals surface area contributed by atoms with Gasteiger partial charge in [0.1, 0.15) is 0 Å². The summed E-state index contributed by atoms with van der Waals surface area (Å²) in [7, 11) is 1.84. The number of para-hydroxylation sites is 1. The third kappa shape index (κ3) is 4.22. The molecule has 0 aliphatic rings. The smallest absolute Gasteiger partial charge is 0.227 e. The number of nitrogens with zero attached hydrogens (tertiary/aromatic N) is 5. The van der Waals surface area contributed by atoms with Gasteiger partial charge in [-0.1, -0.05) is 18.2 Å². The van der Waals surface area contributed by atoms with Gasteiger partial charge in [-0.2, -0.15) is 5.10 Å². The van der Waals surface area contributed by atoms with E-state index >= 15 is 0 Å². The average Bonchev–Trinajstić information content (AvgIpc) is 2.97. The van der Waals surface area contributed by atoms with Gasteiger partial charge in [-0.15, -0.1) is 0 Å². The first-order valence-electron chi connectivity index (χ1n) is 9.08. The minimum Gasteiger partial charge on any atom is -0.342 e. The average molecular weight is 363 g/mol. The van der Waals surface area contributed by atoms with Gasteiger partial charge in [0.2, 0.25) is 5.91 Å². The van der Waals surface area contributed by atoms with E-state index in [4.69, 9.17) is 0 Å². The number of carbonyl (C=O) groups excluding carboxylic acids is 1. The molecule has 2 heterocycles. The number of likely N-dealkylation sites (N-methyl/N-ethyl adjacent to an activating group) is 1. The van der Waals surface area contributed by atoms with Gasteiger partial charge in [-0.3, -0.25) is 14.8 Å². The van der Waals surface area contributed by atoms with Crippen LogP contribution < -0.4 is 0 Å². The number of amides is 1. The topological polar surface area (TPSA) is 63.9 Å². The maximum absolute atomic E-state index is 12.8. The first-order chi connectivity index (χ1) is 13.0. The summed E-state index contributed by atoms with van der Waals surface area (Å²) in [5.74, 6) is 0.0743. The SMILES string of the molecule is Cc1nn(-c2ccccc2)c(C)c1CC(=O)N(C)[C@H](C)Cc1cnccn1. The van der Waals surface area contributed by atoms with E-state index in [-0.39, 0.29) is 11.9 Å². The van der Waals surface area contributed by atoms with E-state index < -0.39 is 0 Å². The van der Waals surface area contributed by atoms with Crippen molar-refractivity contribution in [2.45, 2.75) is 39.7 Å². The van der Waals surface area contributed by atoms with Gasteiger partial charge in [-0.05, 0) is 32.9 Å². The van der Waals surface area contributed by atoms with Gasteiger partial charge >= 0.3 is 0 Å². The molecule has 0 unspecified atom stereocenters. The van der Waals surface area contributed by atoms with E-state index in [9.17, 15) is 4.79 Å². The second-order valence-electron chi connectivity index (χ2n) is 6.83. The molecule has 0 fully saturated rings. The fourth-order valence-electron chi connectivity index (χ4n) is 3.15. The normalized spacial score (nSPS) is 12.0. The van der Waals surface area contributed by atoms with E-state index in [1.807, 2.05) is 62.8 Å². The van der Waals surface area contributed by atoms with Gasteiger partial charge < -0.3 is 4.90 Å². The fraction of sp³-hybridized carbons (Fsp3) is 0.333. The molecule has 1 aromatic carbocycles. The molecule has 140 valence electrons. The van der Waals surface area contributed by atoms with Gasteiger partial charge in [0.15, 0.2) is 0 Å². The summed E-state index contributed by atoms with van der Waals surface area (Å²) in [6.45, 7) is 6.00. The van der Waals surface area contributed by atoms with Crippen LogP contribution in [-0.2, 0) is 17.6 Å². The van der Waals surface area contributed by atoms with Crippen molar-refractivity contribution in [2.75, 3.05) is 7.05 Å². The van der Waals surface area contributed by atoms with Crippen molar-refractivity contribution in [3.8, 4) is 5.69 Å². The molecule has 0 aliphatic carbocycles. The lowest BCUT2D eigenvalue weighted by atomic mass is 10.1. The molecule has 0 spiro atoms. The van der Waals surface area contributed by atoms with E-state index in [1.165, 1.54) is 0 Å². The Kier molecular flexibility index (Phi) is 5.64. The van der Waals surface area contributed by atoms with Crippen molar-refractivity contribution in [1.82, 2.24) is 24.6 Å². The van der Waals surface area contributed by atoms with Crippen LogP contribution in [0.5, 0.6) is 0 Å². The molecule has 0 saturated carbocycles. The maximum atomic E-state index is 12.8. The third-order valence-corrected chi connectivity index (χ3v) is 4.95. The Balaban J connectivity index is 1.73. The summed E-state index contributed by atoms with van der Waals surface area (Å²) in [5, 5.41) is 4.63. The molecule has 6 nitrogen and oxygen atoms in total. The molecule has 1 amide bonds. The zero-order chi connectivity index (χ0) is 19.4. The number of aromatic nitrogens is 4. The molecular formula is C21H25N5O. The van der Waals surface area contributed by atoms with Crippen LogP contribution in [0.4, 0.5) is 0 Å². The van der Waals surface area contributed by atoms with Crippen molar-refractivity contribution in [1.29, 1.82) is 0 Å². The molecule has 27 heavy (non-hydrogen) atoms. The second-order valence-corrected chi connectivity index (χ2v) is 6.83. The van der Waals surface area contributed by atoms with E-state index in [0.29, 0.717) is 12.8 Å². The first-order valence-corrected chi connectivity index (χ1v) is 9.08. The Labute approximate surface area is 159 Å². The summed E-state index contributed by atoms with van der Waals surface area (Å²) < 4.78 is 1.90. The van der Waals surface area contributed by atoms with Gasteiger partial charge in [0.25, 0.3) is 0 Å². The Morgan fingerprint density at radius 2 is 1.93 bits per heavy atom. The molecule has 0 saturated heterocycles. The Hall–Kier alpha value is -3.02. The lowest BCUT2D eigenvalue weighted by molar-refractivity contribution is -0.130. The van der Waals surface area contributed by atoms with Crippen molar-refractivity contribution in [2.24, 2.45) is 0 Å². The van der Waals surface area contributed by atoms with Crippen molar-refractivity contribution >= 4 is 5.91 Å². The summed E-state index contributed by atoms with van der Waals surface area (Å²) >= 11 is 0. The van der Waals surface area contributed by atoms with Crippen molar-refractivity contribution in [3.63, 3.8) is 0 Å². The quantitative estimate of drug-likeness (QED) is 0.675. The highest BCUT2D eigenvalue weighted by molar-refractivity contribution is 5.79. The van der Waals surface area contributed by atoms with Gasteiger partial charge in [0.05, 0.1) is 23.5 Å². The zero-order valence-corrected chi connectivity index (χ0v) is 16.3. The standard InChI is InChI=1S/C21H25N5O/c1-15(12-18-14-22-10-11-23-18)25(4)21(27)13-20-16(2)24-26(17(20)3)19-8-6-5-7-9-19/h5-11,14-15H,12-13H2,1-4H3/t15-/m1/s1. The first kappa shape index (κ1) is 18.8. The van der Waals surface area contributed by atoms with Crippen LogP contribution >= 0.6 is 0 Å². The predicted molar refractivity (Wildman–Crippen MR) is 105 cm³/mol. The molecule has 0 bridgehead atoms. The van der Waals surface area contributed by atoms with Crippen LogP contribution in [0, 0.1) is 13.8 Å². The van der Waals surface area contributed by atoms with Crippen LogP contribution in [0.15, 0.2) is 48.9 Å². The van der Waals surface area contributed by atoms with Crippen LogP contribution in [0.3, 0.4) is 0 Å².